The molecule has 1 aromatic heterocycles. The molecule has 0 aliphatic carbocycles. The van der Waals surface area contributed by atoms with E-state index in [2.05, 4.69) is 21.2 Å². The minimum Gasteiger partial charge on any atom is -0.322 e. The number of hydrogen-bond donors (Lipinski definition) is 1. The Morgan fingerprint density at radius 1 is 1.41 bits per heavy atom. The molecule has 0 unspecified atom stereocenters. The van der Waals surface area contributed by atoms with E-state index in [-0.39, 0.29) is 9.90 Å². The molecule has 0 saturated heterocycles. The predicted molar refractivity (Wildman–Crippen MR) is 86.9 cm³/mol. The summed E-state index contributed by atoms with van der Waals surface area (Å²) in [6.45, 7) is -0.407. The molecular formula is C13H12BrFN2O3S2. The van der Waals surface area contributed by atoms with Gasteiger partial charge in [0, 0.05) is 11.5 Å². The zero-order valence-corrected chi connectivity index (χ0v) is 14.6. The quantitative estimate of drug-likeness (QED) is 0.829. The molecule has 0 saturated carbocycles. The Hall–Kier alpha value is -1.29. The maximum Gasteiger partial charge on any atom is 0.252 e. The molecular weight excluding hydrogens is 395 g/mol. The summed E-state index contributed by atoms with van der Waals surface area (Å²) >= 11 is 4.18. The fourth-order valence-corrected chi connectivity index (χ4v) is 4.29. The Morgan fingerprint density at radius 3 is 2.73 bits per heavy atom. The van der Waals surface area contributed by atoms with E-state index >= 15 is 0 Å². The van der Waals surface area contributed by atoms with Gasteiger partial charge in [-0.05, 0) is 29.6 Å². The lowest BCUT2D eigenvalue weighted by atomic mass is 10.3. The second-order valence-electron chi connectivity index (χ2n) is 4.37. The lowest BCUT2D eigenvalue weighted by molar-refractivity contribution is -0.116. The number of anilines is 1. The summed E-state index contributed by atoms with van der Waals surface area (Å²) in [7, 11) is -2.41. The van der Waals surface area contributed by atoms with Gasteiger partial charge in [-0.2, -0.15) is 4.31 Å². The van der Waals surface area contributed by atoms with E-state index in [1.54, 1.807) is 17.5 Å². The maximum atomic E-state index is 13.6. The van der Waals surface area contributed by atoms with Gasteiger partial charge in [0.25, 0.3) is 10.0 Å². The van der Waals surface area contributed by atoms with Crippen molar-refractivity contribution < 1.29 is 17.6 Å². The summed E-state index contributed by atoms with van der Waals surface area (Å²) in [6, 6.07) is 7.25. The average molecular weight is 407 g/mol. The van der Waals surface area contributed by atoms with Gasteiger partial charge in [-0.25, -0.2) is 12.8 Å². The molecule has 0 aliphatic rings. The Labute approximate surface area is 139 Å². The number of nitrogens with one attached hydrogen (secondary N) is 1. The van der Waals surface area contributed by atoms with Crippen LogP contribution in [0.2, 0.25) is 0 Å². The molecule has 118 valence electrons. The first-order valence-corrected chi connectivity index (χ1v) is 9.17. The van der Waals surface area contributed by atoms with E-state index in [9.17, 15) is 17.6 Å². The highest BCUT2D eigenvalue weighted by atomic mass is 79.9. The van der Waals surface area contributed by atoms with Crippen molar-refractivity contribution >= 4 is 48.9 Å². The highest BCUT2D eigenvalue weighted by Crippen LogP contribution is 2.21. The summed E-state index contributed by atoms with van der Waals surface area (Å²) in [5.74, 6) is -1.23. The normalized spacial score (nSPS) is 11.6. The van der Waals surface area contributed by atoms with Gasteiger partial charge < -0.3 is 5.32 Å². The van der Waals surface area contributed by atoms with Crippen LogP contribution in [0.3, 0.4) is 0 Å². The van der Waals surface area contributed by atoms with Gasteiger partial charge in [-0.15, -0.1) is 11.3 Å². The number of carbonyl (C=O) groups excluding carboxylic acids is 1. The molecule has 0 aliphatic heterocycles. The number of halogens is 2. The first-order chi connectivity index (χ1) is 10.3. The molecule has 9 heteroatoms. The number of likely N-dealkylation sites (N-methyl/N-ethyl adjacent to an activating group) is 1. The standard InChI is InChI=1S/C13H12BrFN2O3S2/c1-17(22(19,20)13-3-2-6-21-13)8-12(18)16-11-5-4-9(14)7-10(11)15/h2-7H,8H2,1H3,(H,16,18). The number of rotatable bonds is 5. The Morgan fingerprint density at radius 2 is 2.14 bits per heavy atom. The van der Waals surface area contributed by atoms with Crippen LogP contribution in [0, 0.1) is 5.82 Å². The topological polar surface area (TPSA) is 66.5 Å². The van der Waals surface area contributed by atoms with Crippen LogP contribution in [-0.2, 0) is 14.8 Å². The lowest BCUT2D eigenvalue weighted by Crippen LogP contribution is -2.34. The Bertz CT molecular complexity index is 779. The summed E-state index contributed by atoms with van der Waals surface area (Å²) < 4.78 is 39.6. The van der Waals surface area contributed by atoms with Crippen LogP contribution >= 0.6 is 27.3 Å². The third-order valence-electron chi connectivity index (χ3n) is 2.73. The van der Waals surface area contributed by atoms with E-state index in [0.29, 0.717) is 4.47 Å². The second kappa shape index (κ2) is 6.86. The number of nitrogens with zero attached hydrogens (tertiary/aromatic N) is 1. The SMILES string of the molecule is CN(CC(=O)Nc1ccc(Br)cc1F)S(=O)(=O)c1cccs1. The molecule has 0 fully saturated rings. The van der Waals surface area contributed by atoms with Crippen LogP contribution in [-0.4, -0.2) is 32.2 Å². The molecule has 1 amide bonds. The van der Waals surface area contributed by atoms with E-state index in [4.69, 9.17) is 0 Å². The average Bonchev–Trinajstić information content (AvgIpc) is 2.96. The van der Waals surface area contributed by atoms with Crippen molar-refractivity contribution in [3.63, 3.8) is 0 Å². The molecule has 0 bridgehead atoms. The van der Waals surface area contributed by atoms with Gasteiger partial charge in [0.05, 0.1) is 12.2 Å². The highest BCUT2D eigenvalue weighted by Gasteiger charge is 2.24. The number of sulfonamides is 1. The number of benzene rings is 1. The summed E-state index contributed by atoms with van der Waals surface area (Å²) in [4.78, 5) is 11.9. The smallest absolute Gasteiger partial charge is 0.252 e. The van der Waals surface area contributed by atoms with E-state index in [1.165, 1.54) is 25.2 Å². The van der Waals surface area contributed by atoms with Gasteiger partial charge in [0.2, 0.25) is 5.91 Å². The largest absolute Gasteiger partial charge is 0.322 e. The molecule has 1 heterocycles. The van der Waals surface area contributed by atoms with Crippen molar-refractivity contribution in [2.45, 2.75) is 4.21 Å². The van der Waals surface area contributed by atoms with Gasteiger partial charge >= 0.3 is 0 Å². The molecule has 1 aromatic carbocycles. The first-order valence-electron chi connectivity index (χ1n) is 6.05. The predicted octanol–water partition coefficient (Wildman–Crippen LogP) is 2.91. The minimum absolute atomic E-state index is 0.00452. The number of hydrogen-bond acceptors (Lipinski definition) is 4. The van der Waals surface area contributed by atoms with Crippen LogP contribution in [0.15, 0.2) is 44.4 Å². The van der Waals surface area contributed by atoms with Crippen LogP contribution in [0.5, 0.6) is 0 Å². The number of carbonyl (C=O) groups is 1. The fraction of sp³-hybridized carbons (Fsp3) is 0.154. The molecule has 5 nitrogen and oxygen atoms in total. The van der Waals surface area contributed by atoms with Gasteiger partial charge in [-0.1, -0.05) is 22.0 Å². The number of amides is 1. The van der Waals surface area contributed by atoms with Gasteiger partial charge in [-0.3, -0.25) is 4.79 Å². The van der Waals surface area contributed by atoms with Crippen LogP contribution < -0.4 is 5.32 Å². The molecule has 22 heavy (non-hydrogen) atoms. The first kappa shape index (κ1) is 17.1. The third-order valence-corrected chi connectivity index (χ3v) is 6.40. The fourth-order valence-electron chi connectivity index (χ4n) is 1.63. The zero-order valence-electron chi connectivity index (χ0n) is 11.4. The van der Waals surface area contributed by atoms with Crippen molar-refractivity contribution in [1.29, 1.82) is 0 Å². The van der Waals surface area contributed by atoms with Crippen molar-refractivity contribution in [2.75, 3.05) is 18.9 Å². The van der Waals surface area contributed by atoms with E-state index in [1.807, 2.05) is 0 Å². The number of thiophene rings is 1. The molecule has 0 atom stereocenters. The Balaban J connectivity index is 2.06. The molecule has 2 rings (SSSR count). The molecule has 1 N–H and O–H groups in total. The van der Waals surface area contributed by atoms with Crippen LogP contribution in [0.4, 0.5) is 10.1 Å². The van der Waals surface area contributed by atoms with Gasteiger partial charge in [0.15, 0.2) is 0 Å². The van der Waals surface area contributed by atoms with E-state index in [0.717, 1.165) is 15.6 Å². The summed E-state index contributed by atoms with van der Waals surface area (Å²) in [5.41, 5.74) is -0.00452. The molecule has 0 radical (unpaired) electrons. The van der Waals surface area contributed by atoms with Crippen LogP contribution in [0.25, 0.3) is 0 Å². The van der Waals surface area contributed by atoms with Crippen molar-refractivity contribution in [3.8, 4) is 0 Å². The second-order valence-corrected chi connectivity index (χ2v) is 8.50. The minimum atomic E-state index is -3.71. The van der Waals surface area contributed by atoms with Crippen molar-refractivity contribution in [2.24, 2.45) is 0 Å². The zero-order chi connectivity index (χ0) is 16.3. The van der Waals surface area contributed by atoms with Gasteiger partial charge in [0.1, 0.15) is 10.0 Å². The molecule has 2 aromatic rings. The summed E-state index contributed by atoms with van der Waals surface area (Å²) in [6.07, 6.45) is 0. The monoisotopic (exact) mass is 406 g/mol. The maximum absolute atomic E-state index is 13.6. The highest BCUT2D eigenvalue weighted by molar-refractivity contribution is 9.10. The lowest BCUT2D eigenvalue weighted by Gasteiger charge is -2.15. The van der Waals surface area contributed by atoms with E-state index < -0.39 is 28.3 Å². The van der Waals surface area contributed by atoms with Crippen molar-refractivity contribution in [1.82, 2.24) is 4.31 Å². The summed E-state index contributed by atoms with van der Waals surface area (Å²) in [5, 5.41) is 3.99. The van der Waals surface area contributed by atoms with Crippen LogP contribution in [0.1, 0.15) is 0 Å². The van der Waals surface area contributed by atoms with Crippen molar-refractivity contribution in [3.05, 3.63) is 46.0 Å². The Kier molecular flexibility index (Phi) is 5.32. The third kappa shape index (κ3) is 3.92. The molecule has 0 spiro atoms.